The second-order valence-electron chi connectivity index (χ2n) is 10.1. The molecule has 3 aliphatic rings. The second-order valence-corrected chi connectivity index (χ2v) is 10.1. The number of ether oxygens (including phenoxy) is 1. The van der Waals surface area contributed by atoms with Gasteiger partial charge in [-0.3, -0.25) is 10.1 Å². The second kappa shape index (κ2) is 8.38. The van der Waals surface area contributed by atoms with E-state index in [9.17, 15) is 10.1 Å². The van der Waals surface area contributed by atoms with Crippen LogP contribution in [0.3, 0.4) is 0 Å². The number of benzene rings is 2. The lowest BCUT2D eigenvalue weighted by Crippen LogP contribution is -2.40. The maximum absolute atomic E-state index is 11.2. The standard InChI is InChI=1S/C28H33NO3/c1-3-20-15-25-21(16-27(20)32-18-19-7-5-4-6-8-19)9-11-24-23(25)13-14-28(2)22(17-29(30)31)10-12-26(24)28/h4-8,15-17,23-24,26H,3,9-14,18H2,1-2H3/b22-17+/t23?,24?,26?,28-/m1/s1. The maximum atomic E-state index is 11.2. The molecule has 2 saturated carbocycles. The highest BCUT2D eigenvalue weighted by Gasteiger charge is 2.53. The van der Waals surface area contributed by atoms with Crippen LogP contribution in [0.4, 0.5) is 0 Å². The van der Waals surface area contributed by atoms with Crippen LogP contribution in [0.1, 0.15) is 74.1 Å². The molecule has 2 aromatic carbocycles. The van der Waals surface area contributed by atoms with E-state index in [1.165, 1.54) is 34.9 Å². The third-order valence-corrected chi connectivity index (χ3v) is 8.63. The minimum atomic E-state index is -0.240. The summed E-state index contributed by atoms with van der Waals surface area (Å²) in [4.78, 5) is 10.9. The number of aryl methyl sites for hydroxylation is 2. The molecular weight excluding hydrogens is 398 g/mol. The van der Waals surface area contributed by atoms with Gasteiger partial charge in [0.25, 0.3) is 0 Å². The Morgan fingerprint density at radius 1 is 1.16 bits per heavy atom. The molecule has 4 nitrogen and oxygen atoms in total. The molecule has 0 radical (unpaired) electrons. The van der Waals surface area contributed by atoms with Crippen molar-refractivity contribution in [1.29, 1.82) is 0 Å². The van der Waals surface area contributed by atoms with Gasteiger partial charge in [0.2, 0.25) is 6.20 Å². The van der Waals surface area contributed by atoms with Gasteiger partial charge in [-0.1, -0.05) is 50.2 Å². The van der Waals surface area contributed by atoms with Gasteiger partial charge >= 0.3 is 0 Å². The summed E-state index contributed by atoms with van der Waals surface area (Å²) in [5, 5.41) is 11.2. The summed E-state index contributed by atoms with van der Waals surface area (Å²) >= 11 is 0. The average Bonchev–Trinajstić information content (AvgIpc) is 3.13. The van der Waals surface area contributed by atoms with Gasteiger partial charge in [-0.2, -0.15) is 0 Å². The summed E-state index contributed by atoms with van der Waals surface area (Å²) in [6, 6.07) is 15.1. The SMILES string of the molecule is CCc1cc2c(cc1OCc1ccccc1)CCC1C2CC[C@]2(C)/C(=C/[N+](=O)[O-])CCC12. The summed E-state index contributed by atoms with van der Waals surface area (Å²) < 4.78 is 6.28. The predicted molar refractivity (Wildman–Crippen MR) is 126 cm³/mol. The minimum absolute atomic E-state index is 0.0120. The van der Waals surface area contributed by atoms with E-state index in [0.717, 1.165) is 49.8 Å². The summed E-state index contributed by atoms with van der Waals surface area (Å²) in [5.74, 6) is 2.82. The van der Waals surface area contributed by atoms with E-state index in [1.54, 1.807) is 0 Å². The molecule has 0 N–H and O–H groups in total. The van der Waals surface area contributed by atoms with Gasteiger partial charge in [0.15, 0.2) is 0 Å². The Morgan fingerprint density at radius 2 is 1.97 bits per heavy atom. The van der Waals surface area contributed by atoms with Gasteiger partial charge in [-0.15, -0.1) is 0 Å². The highest BCUT2D eigenvalue weighted by Crippen LogP contribution is 2.63. The molecule has 0 spiro atoms. The molecule has 3 unspecified atom stereocenters. The fraction of sp³-hybridized carbons (Fsp3) is 0.500. The first-order valence-corrected chi connectivity index (χ1v) is 12.2. The van der Waals surface area contributed by atoms with Crippen molar-refractivity contribution >= 4 is 0 Å². The third kappa shape index (κ3) is 3.64. The Balaban J connectivity index is 1.41. The number of rotatable bonds is 5. The summed E-state index contributed by atoms with van der Waals surface area (Å²) in [6.07, 6.45) is 8.75. The van der Waals surface area contributed by atoms with Gasteiger partial charge in [0.1, 0.15) is 12.4 Å². The Bertz CT molecular complexity index is 1040. The summed E-state index contributed by atoms with van der Waals surface area (Å²) in [6.45, 7) is 5.11. The molecule has 2 fully saturated rings. The number of nitro groups is 1. The molecule has 4 heteroatoms. The van der Waals surface area contributed by atoms with Crippen LogP contribution in [0.25, 0.3) is 0 Å². The molecule has 168 valence electrons. The van der Waals surface area contributed by atoms with Gasteiger partial charge in [-0.25, -0.2) is 0 Å². The van der Waals surface area contributed by atoms with Crippen molar-refractivity contribution < 1.29 is 9.66 Å². The molecule has 5 rings (SSSR count). The van der Waals surface area contributed by atoms with E-state index in [-0.39, 0.29) is 10.3 Å². The molecule has 0 bridgehead atoms. The Kier molecular flexibility index (Phi) is 5.56. The Morgan fingerprint density at radius 3 is 2.72 bits per heavy atom. The number of hydrogen-bond donors (Lipinski definition) is 0. The molecule has 0 heterocycles. The average molecular weight is 432 g/mol. The topological polar surface area (TPSA) is 52.4 Å². The van der Waals surface area contributed by atoms with Crippen molar-refractivity contribution in [2.45, 2.75) is 71.3 Å². The van der Waals surface area contributed by atoms with E-state index >= 15 is 0 Å². The number of fused-ring (bicyclic) bond motifs is 5. The van der Waals surface area contributed by atoms with Crippen LogP contribution in [0, 0.1) is 27.4 Å². The van der Waals surface area contributed by atoms with Crippen molar-refractivity contribution in [1.82, 2.24) is 0 Å². The molecule has 0 aliphatic heterocycles. The zero-order valence-corrected chi connectivity index (χ0v) is 19.2. The van der Waals surface area contributed by atoms with E-state index in [1.807, 2.05) is 6.07 Å². The molecule has 0 amide bonds. The van der Waals surface area contributed by atoms with Crippen LogP contribution >= 0.6 is 0 Å². The van der Waals surface area contributed by atoms with Crippen molar-refractivity contribution in [2.24, 2.45) is 17.3 Å². The lowest BCUT2D eigenvalue weighted by atomic mass is 9.55. The van der Waals surface area contributed by atoms with Crippen LogP contribution in [-0.4, -0.2) is 4.92 Å². The van der Waals surface area contributed by atoms with Gasteiger partial charge < -0.3 is 4.74 Å². The molecule has 2 aromatic rings. The Labute approximate surface area is 190 Å². The van der Waals surface area contributed by atoms with Gasteiger partial charge in [-0.05, 0) is 96.4 Å². The van der Waals surface area contributed by atoms with Crippen LogP contribution < -0.4 is 4.74 Å². The fourth-order valence-electron chi connectivity index (χ4n) is 6.98. The first-order valence-electron chi connectivity index (χ1n) is 12.2. The minimum Gasteiger partial charge on any atom is -0.489 e. The first kappa shape index (κ1) is 21.2. The van der Waals surface area contributed by atoms with E-state index in [2.05, 4.69) is 50.2 Å². The van der Waals surface area contributed by atoms with Crippen LogP contribution in [0.5, 0.6) is 5.75 Å². The van der Waals surface area contributed by atoms with Gasteiger partial charge in [0, 0.05) is 5.57 Å². The summed E-state index contributed by atoms with van der Waals surface area (Å²) in [7, 11) is 0. The molecule has 4 atom stereocenters. The quantitative estimate of drug-likeness (QED) is 0.384. The van der Waals surface area contributed by atoms with E-state index in [0.29, 0.717) is 24.4 Å². The maximum Gasteiger partial charge on any atom is 0.234 e. The fourth-order valence-corrected chi connectivity index (χ4v) is 6.98. The Hall–Kier alpha value is -2.62. The van der Waals surface area contributed by atoms with Crippen molar-refractivity contribution in [3.8, 4) is 5.75 Å². The zero-order chi connectivity index (χ0) is 22.3. The normalized spacial score (nSPS) is 29.8. The largest absolute Gasteiger partial charge is 0.489 e. The zero-order valence-electron chi connectivity index (χ0n) is 19.2. The molecular formula is C28H33NO3. The van der Waals surface area contributed by atoms with E-state index in [4.69, 9.17) is 4.74 Å². The number of allylic oxidation sites excluding steroid dienone is 1. The first-order chi connectivity index (χ1) is 15.5. The molecule has 32 heavy (non-hydrogen) atoms. The predicted octanol–water partition coefficient (Wildman–Crippen LogP) is 6.84. The number of hydrogen-bond acceptors (Lipinski definition) is 3. The van der Waals surface area contributed by atoms with E-state index < -0.39 is 0 Å². The summed E-state index contributed by atoms with van der Waals surface area (Å²) in [5.41, 5.74) is 6.56. The molecule has 0 aromatic heterocycles. The molecule has 0 saturated heterocycles. The highest BCUT2D eigenvalue weighted by molar-refractivity contribution is 5.47. The van der Waals surface area contributed by atoms with Crippen molar-refractivity contribution in [2.75, 3.05) is 0 Å². The number of nitrogens with zero attached hydrogens (tertiary/aromatic N) is 1. The highest BCUT2D eigenvalue weighted by atomic mass is 16.6. The van der Waals surface area contributed by atoms with Crippen molar-refractivity contribution in [3.63, 3.8) is 0 Å². The third-order valence-electron chi connectivity index (χ3n) is 8.63. The smallest absolute Gasteiger partial charge is 0.234 e. The van der Waals surface area contributed by atoms with Crippen LogP contribution in [-0.2, 0) is 19.4 Å². The molecule has 3 aliphatic carbocycles. The van der Waals surface area contributed by atoms with Gasteiger partial charge in [0.05, 0.1) is 4.92 Å². The lowest BCUT2D eigenvalue weighted by molar-refractivity contribution is -0.404. The monoisotopic (exact) mass is 431 g/mol. The van der Waals surface area contributed by atoms with Crippen LogP contribution in [0.2, 0.25) is 0 Å². The lowest BCUT2D eigenvalue weighted by Gasteiger charge is -2.49. The van der Waals surface area contributed by atoms with Crippen molar-refractivity contribution in [3.05, 3.63) is 86.6 Å². The van der Waals surface area contributed by atoms with Crippen LogP contribution in [0.15, 0.2) is 54.2 Å².